The summed E-state index contributed by atoms with van der Waals surface area (Å²) in [7, 11) is 0. The van der Waals surface area contributed by atoms with Gasteiger partial charge in [-0.1, -0.05) is 30.3 Å². The number of rotatable bonds is 2. The Labute approximate surface area is 103 Å². The first-order chi connectivity index (χ1) is 7.66. The second kappa shape index (κ2) is 5.94. The molecule has 1 aromatic carbocycles. The highest BCUT2D eigenvalue weighted by molar-refractivity contribution is 5.80. The van der Waals surface area contributed by atoms with Gasteiger partial charge in [-0.05, 0) is 19.4 Å². The van der Waals surface area contributed by atoms with Crippen LogP contribution in [0.1, 0.15) is 32.3 Å². The van der Waals surface area contributed by atoms with Crippen LogP contribution in [-0.2, 0) is 11.3 Å². The number of carbonyl (C=O) groups excluding carboxylic acids is 1. The average Bonchev–Trinajstić information content (AvgIpc) is 2.25. The van der Waals surface area contributed by atoms with Gasteiger partial charge < -0.3 is 5.48 Å². The lowest BCUT2D eigenvalue weighted by atomic mass is 9.95. The van der Waals surface area contributed by atoms with Crippen LogP contribution in [-0.4, -0.2) is 28.2 Å². The largest absolute Gasteiger partial charge is 0.412 e. The number of piperidine rings is 1. The fraction of sp³-hybridized carbons (Fsp3) is 0.500. The molecule has 0 spiro atoms. The van der Waals surface area contributed by atoms with Crippen molar-refractivity contribution >= 4 is 5.78 Å². The van der Waals surface area contributed by atoms with Gasteiger partial charge in [0.25, 0.3) is 0 Å². The normalized spacial score (nSPS) is 25.4. The molecule has 1 aromatic rings. The van der Waals surface area contributed by atoms with Crippen molar-refractivity contribution in [3.63, 3.8) is 0 Å². The summed E-state index contributed by atoms with van der Waals surface area (Å²) < 4.78 is 0. The minimum atomic E-state index is 0. The Bertz CT molecular complexity index is 350. The van der Waals surface area contributed by atoms with Crippen LogP contribution in [0.15, 0.2) is 30.3 Å². The summed E-state index contributed by atoms with van der Waals surface area (Å²) in [6, 6.07) is 11.2. The van der Waals surface area contributed by atoms with E-state index in [2.05, 4.69) is 43.0 Å². The van der Waals surface area contributed by atoms with Gasteiger partial charge in [0.2, 0.25) is 0 Å². The Morgan fingerprint density at radius 2 is 1.65 bits per heavy atom. The van der Waals surface area contributed by atoms with Crippen LogP contribution in [0, 0.1) is 0 Å². The molecule has 3 heteroatoms. The van der Waals surface area contributed by atoms with Crippen molar-refractivity contribution in [2.75, 3.05) is 0 Å². The third-order valence-electron chi connectivity index (χ3n) is 3.39. The highest BCUT2D eigenvalue weighted by Gasteiger charge is 2.29. The number of hydrogen-bond donors (Lipinski definition) is 0. The first-order valence-electron chi connectivity index (χ1n) is 5.98. The summed E-state index contributed by atoms with van der Waals surface area (Å²) in [5.41, 5.74) is 1.33. The topological polar surface area (TPSA) is 51.8 Å². The monoisotopic (exact) mass is 235 g/mol. The Kier molecular flexibility index (Phi) is 4.85. The van der Waals surface area contributed by atoms with Gasteiger partial charge in [-0.25, -0.2) is 0 Å². The fourth-order valence-electron chi connectivity index (χ4n) is 2.52. The van der Waals surface area contributed by atoms with Crippen molar-refractivity contribution in [3.8, 4) is 0 Å². The van der Waals surface area contributed by atoms with Gasteiger partial charge in [0.05, 0.1) is 0 Å². The lowest BCUT2D eigenvalue weighted by Crippen LogP contribution is -2.46. The third-order valence-corrected chi connectivity index (χ3v) is 3.39. The second-order valence-electron chi connectivity index (χ2n) is 4.80. The van der Waals surface area contributed by atoms with E-state index < -0.39 is 0 Å². The third kappa shape index (κ3) is 3.38. The predicted octanol–water partition coefficient (Wildman–Crippen LogP) is 1.80. The first-order valence-corrected chi connectivity index (χ1v) is 5.98. The molecule has 1 aliphatic rings. The number of carbonyl (C=O) groups is 1. The Hall–Kier alpha value is -1.19. The highest BCUT2D eigenvalue weighted by Crippen LogP contribution is 2.22. The van der Waals surface area contributed by atoms with Crippen LogP contribution in [0.2, 0.25) is 0 Å². The van der Waals surface area contributed by atoms with Crippen molar-refractivity contribution in [2.45, 2.75) is 45.3 Å². The van der Waals surface area contributed by atoms with E-state index in [9.17, 15) is 4.79 Å². The van der Waals surface area contributed by atoms with E-state index in [4.69, 9.17) is 0 Å². The lowest BCUT2D eigenvalue weighted by Gasteiger charge is -2.38. The number of nitrogens with zero attached hydrogens (tertiary/aromatic N) is 1. The summed E-state index contributed by atoms with van der Waals surface area (Å²) in [6.45, 7) is 5.25. The van der Waals surface area contributed by atoms with Gasteiger partial charge >= 0.3 is 0 Å². The second-order valence-corrected chi connectivity index (χ2v) is 4.80. The van der Waals surface area contributed by atoms with Crippen LogP contribution in [0.25, 0.3) is 0 Å². The molecule has 1 fully saturated rings. The molecule has 0 aliphatic carbocycles. The van der Waals surface area contributed by atoms with Gasteiger partial charge in [0.1, 0.15) is 5.78 Å². The van der Waals surface area contributed by atoms with E-state index in [-0.39, 0.29) is 5.48 Å². The zero-order chi connectivity index (χ0) is 11.5. The molecule has 1 aliphatic heterocycles. The molecule has 1 saturated heterocycles. The van der Waals surface area contributed by atoms with Gasteiger partial charge in [0, 0.05) is 31.5 Å². The van der Waals surface area contributed by atoms with E-state index in [1.165, 1.54) is 5.56 Å². The molecule has 94 valence electrons. The Morgan fingerprint density at radius 1 is 1.12 bits per heavy atom. The molecule has 0 aromatic heterocycles. The van der Waals surface area contributed by atoms with Gasteiger partial charge in [-0.3, -0.25) is 9.69 Å². The maximum Gasteiger partial charge on any atom is 0.136 e. The number of Topliss-reactive ketones (excluding diaryl/α,β-unsaturated/α-hetero) is 1. The Morgan fingerprint density at radius 3 is 2.18 bits per heavy atom. The molecule has 2 atom stereocenters. The molecule has 0 saturated carbocycles. The van der Waals surface area contributed by atoms with E-state index >= 15 is 0 Å². The summed E-state index contributed by atoms with van der Waals surface area (Å²) in [4.78, 5) is 13.9. The van der Waals surface area contributed by atoms with Crippen molar-refractivity contribution in [2.24, 2.45) is 0 Å². The molecule has 2 rings (SSSR count). The zero-order valence-corrected chi connectivity index (χ0v) is 10.5. The molecular formula is C14H21NO2. The van der Waals surface area contributed by atoms with E-state index in [0.29, 0.717) is 30.7 Å². The van der Waals surface area contributed by atoms with Gasteiger partial charge in [-0.2, -0.15) is 0 Å². The fourth-order valence-corrected chi connectivity index (χ4v) is 2.52. The molecular weight excluding hydrogens is 214 g/mol. The van der Waals surface area contributed by atoms with Crippen molar-refractivity contribution in [3.05, 3.63) is 35.9 Å². The maximum atomic E-state index is 11.5. The molecule has 3 nitrogen and oxygen atoms in total. The summed E-state index contributed by atoms with van der Waals surface area (Å²) in [5.74, 6) is 0.407. The number of likely N-dealkylation sites (tertiary alicyclic amines) is 1. The minimum Gasteiger partial charge on any atom is -0.412 e. The van der Waals surface area contributed by atoms with Crippen LogP contribution in [0.3, 0.4) is 0 Å². The average molecular weight is 235 g/mol. The number of benzene rings is 1. The molecule has 2 N–H and O–H groups in total. The van der Waals surface area contributed by atoms with E-state index in [1.54, 1.807) is 0 Å². The van der Waals surface area contributed by atoms with Crippen LogP contribution < -0.4 is 0 Å². The van der Waals surface area contributed by atoms with Crippen LogP contribution >= 0.6 is 0 Å². The Balaban J connectivity index is 0.00000144. The molecule has 1 heterocycles. The predicted molar refractivity (Wildman–Crippen MR) is 68.8 cm³/mol. The molecule has 0 unspecified atom stereocenters. The van der Waals surface area contributed by atoms with E-state index in [1.807, 2.05) is 6.07 Å². The van der Waals surface area contributed by atoms with Crippen molar-refractivity contribution < 1.29 is 10.3 Å². The van der Waals surface area contributed by atoms with Gasteiger partial charge in [-0.15, -0.1) is 0 Å². The zero-order valence-electron chi connectivity index (χ0n) is 10.5. The van der Waals surface area contributed by atoms with Gasteiger partial charge in [0.15, 0.2) is 0 Å². The van der Waals surface area contributed by atoms with Crippen LogP contribution in [0.5, 0.6) is 0 Å². The SMILES string of the molecule is C[C@@H]1CC(=O)C[C@H](C)N1Cc1ccccc1.O. The number of hydrogen-bond acceptors (Lipinski definition) is 2. The molecule has 0 radical (unpaired) electrons. The number of ketones is 1. The maximum absolute atomic E-state index is 11.5. The smallest absolute Gasteiger partial charge is 0.136 e. The molecule has 0 bridgehead atoms. The standard InChI is InChI=1S/C14H19NO.H2O/c1-11-8-14(16)9-12(2)15(11)10-13-6-4-3-5-7-13;/h3-7,11-12H,8-10H2,1-2H3;1H2/t11-,12+;. The van der Waals surface area contributed by atoms with Crippen LogP contribution in [0.4, 0.5) is 0 Å². The van der Waals surface area contributed by atoms with Crippen molar-refractivity contribution in [1.29, 1.82) is 0 Å². The van der Waals surface area contributed by atoms with Crippen molar-refractivity contribution in [1.82, 2.24) is 4.90 Å². The quantitative estimate of drug-likeness (QED) is 0.785. The summed E-state index contributed by atoms with van der Waals surface area (Å²) in [5, 5.41) is 0. The lowest BCUT2D eigenvalue weighted by molar-refractivity contribution is -0.125. The first kappa shape index (κ1) is 13.9. The molecule has 17 heavy (non-hydrogen) atoms. The summed E-state index contributed by atoms with van der Waals surface area (Å²) >= 11 is 0. The minimum absolute atomic E-state index is 0. The summed E-state index contributed by atoms with van der Waals surface area (Å²) in [6.07, 6.45) is 1.41. The molecule has 0 amide bonds. The van der Waals surface area contributed by atoms with E-state index in [0.717, 1.165) is 6.54 Å². The highest BCUT2D eigenvalue weighted by atomic mass is 16.1.